The Kier molecular flexibility index (Phi) is 4.80. The van der Waals surface area contributed by atoms with Crippen LogP contribution in [0.2, 0.25) is 0 Å². The zero-order valence-corrected chi connectivity index (χ0v) is 14.2. The van der Waals surface area contributed by atoms with Gasteiger partial charge in [-0.15, -0.1) is 0 Å². The molecule has 8 heteroatoms. The SMILES string of the molecule is CC1C/C2=C/CC/C(N3CC(C(N)=O)OC3=O)=C\CC2N1C(=O)CO. The first-order valence-electron chi connectivity index (χ1n) is 8.49. The van der Waals surface area contributed by atoms with E-state index in [9.17, 15) is 19.5 Å². The van der Waals surface area contributed by atoms with Gasteiger partial charge in [-0.25, -0.2) is 4.79 Å². The fraction of sp³-hybridized carbons (Fsp3) is 0.588. The summed E-state index contributed by atoms with van der Waals surface area (Å²) in [6.45, 7) is 1.58. The molecule has 0 saturated carbocycles. The van der Waals surface area contributed by atoms with Crippen molar-refractivity contribution < 1.29 is 24.2 Å². The lowest BCUT2D eigenvalue weighted by Gasteiger charge is -2.29. The maximum absolute atomic E-state index is 12.1. The fourth-order valence-corrected chi connectivity index (χ4v) is 3.89. The number of allylic oxidation sites excluding steroid dienone is 2. The van der Waals surface area contributed by atoms with Gasteiger partial charge in [0, 0.05) is 11.7 Å². The second-order valence-electron chi connectivity index (χ2n) is 6.66. The van der Waals surface area contributed by atoms with Gasteiger partial charge in [0.2, 0.25) is 5.91 Å². The minimum absolute atomic E-state index is 0.0434. The summed E-state index contributed by atoms with van der Waals surface area (Å²) >= 11 is 0. The van der Waals surface area contributed by atoms with Crippen LogP contribution in [0.5, 0.6) is 0 Å². The van der Waals surface area contributed by atoms with Crippen LogP contribution >= 0.6 is 0 Å². The Morgan fingerprint density at radius 2 is 2.16 bits per heavy atom. The highest BCUT2D eigenvalue weighted by Crippen LogP contribution is 2.35. The highest BCUT2D eigenvalue weighted by molar-refractivity contribution is 5.85. The van der Waals surface area contributed by atoms with Crippen LogP contribution in [0.15, 0.2) is 23.4 Å². The lowest BCUT2D eigenvalue weighted by atomic mass is 9.97. The van der Waals surface area contributed by atoms with Gasteiger partial charge >= 0.3 is 6.09 Å². The molecule has 0 aromatic heterocycles. The zero-order valence-electron chi connectivity index (χ0n) is 14.2. The molecule has 3 N–H and O–H groups in total. The minimum Gasteiger partial charge on any atom is -0.434 e. The van der Waals surface area contributed by atoms with Crippen molar-refractivity contribution in [2.45, 2.75) is 50.8 Å². The molecule has 2 saturated heterocycles. The number of amides is 3. The number of carbonyl (C=O) groups excluding carboxylic acids is 3. The van der Waals surface area contributed by atoms with Crippen LogP contribution in [-0.2, 0) is 14.3 Å². The molecule has 3 unspecified atom stereocenters. The average Bonchev–Trinajstić information content (AvgIpc) is 3.08. The Balaban J connectivity index is 1.79. The van der Waals surface area contributed by atoms with Gasteiger partial charge in [-0.05, 0) is 38.2 Å². The Hall–Kier alpha value is -2.35. The second kappa shape index (κ2) is 6.87. The molecule has 8 nitrogen and oxygen atoms in total. The smallest absolute Gasteiger partial charge is 0.415 e. The molecule has 25 heavy (non-hydrogen) atoms. The standard InChI is InChI=1S/C17H23N3O5/c1-10-7-11-3-2-4-12(5-6-13(11)20(10)15(22)9-21)19-8-14(16(18)23)25-17(19)24/h3,5,10,13-14,21H,2,4,6-9H2,1H3,(H2,18,23)/b11-3-,12-5+. The molecule has 3 atom stereocenters. The van der Waals surface area contributed by atoms with Gasteiger partial charge in [0.25, 0.3) is 5.91 Å². The van der Waals surface area contributed by atoms with Crippen molar-refractivity contribution in [2.24, 2.45) is 5.73 Å². The summed E-state index contributed by atoms with van der Waals surface area (Å²) in [7, 11) is 0. The third kappa shape index (κ3) is 3.26. The van der Waals surface area contributed by atoms with Crippen molar-refractivity contribution in [1.82, 2.24) is 9.80 Å². The summed E-state index contributed by atoms with van der Waals surface area (Å²) < 4.78 is 5.00. The van der Waals surface area contributed by atoms with Crippen molar-refractivity contribution in [2.75, 3.05) is 13.2 Å². The molecule has 2 fully saturated rings. The summed E-state index contributed by atoms with van der Waals surface area (Å²) in [5.74, 6) is -0.945. The fourth-order valence-electron chi connectivity index (χ4n) is 3.89. The van der Waals surface area contributed by atoms with Crippen LogP contribution in [0.4, 0.5) is 4.79 Å². The molecule has 3 aliphatic rings. The molecule has 0 aromatic rings. The topological polar surface area (TPSA) is 113 Å². The van der Waals surface area contributed by atoms with Crippen molar-refractivity contribution in [1.29, 1.82) is 0 Å². The first-order valence-corrected chi connectivity index (χ1v) is 8.49. The second-order valence-corrected chi connectivity index (χ2v) is 6.66. The number of nitrogens with zero attached hydrogens (tertiary/aromatic N) is 2. The van der Waals surface area contributed by atoms with E-state index in [0.29, 0.717) is 12.8 Å². The number of likely N-dealkylation sites (tertiary alicyclic amines) is 1. The number of ether oxygens (including phenoxy) is 1. The normalized spacial score (nSPS) is 33.5. The number of cyclic esters (lactones) is 1. The van der Waals surface area contributed by atoms with Gasteiger partial charge in [-0.3, -0.25) is 14.5 Å². The van der Waals surface area contributed by atoms with E-state index in [2.05, 4.69) is 6.08 Å². The molecule has 2 heterocycles. The summed E-state index contributed by atoms with van der Waals surface area (Å²) in [5.41, 5.74) is 7.20. The lowest BCUT2D eigenvalue weighted by Crippen LogP contribution is -2.42. The molecule has 136 valence electrons. The Morgan fingerprint density at radius 1 is 1.40 bits per heavy atom. The Bertz CT molecular complexity index is 657. The van der Waals surface area contributed by atoms with Crippen molar-refractivity contribution >= 4 is 17.9 Å². The summed E-state index contributed by atoms with van der Waals surface area (Å²) in [4.78, 5) is 38.5. The third-order valence-electron chi connectivity index (χ3n) is 5.05. The van der Waals surface area contributed by atoms with E-state index in [-0.39, 0.29) is 24.5 Å². The number of aliphatic hydroxyl groups excluding tert-OH is 1. The van der Waals surface area contributed by atoms with E-state index in [1.165, 1.54) is 10.5 Å². The molecule has 0 radical (unpaired) electrons. The summed E-state index contributed by atoms with van der Waals surface area (Å²) in [6.07, 6.45) is 5.29. The summed E-state index contributed by atoms with van der Waals surface area (Å²) in [6, 6.07) is -0.0580. The van der Waals surface area contributed by atoms with Crippen LogP contribution in [0.25, 0.3) is 0 Å². The molecule has 3 rings (SSSR count). The molecule has 0 spiro atoms. The van der Waals surface area contributed by atoms with Crippen molar-refractivity contribution in [3.05, 3.63) is 23.4 Å². The number of nitrogens with two attached hydrogens (primary N) is 1. The van der Waals surface area contributed by atoms with Crippen molar-refractivity contribution in [3.63, 3.8) is 0 Å². The molecular weight excluding hydrogens is 326 g/mol. The Morgan fingerprint density at radius 3 is 2.80 bits per heavy atom. The number of fused-ring (bicyclic) bond motifs is 1. The van der Waals surface area contributed by atoms with E-state index in [4.69, 9.17) is 10.5 Å². The van der Waals surface area contributed by atoms with E-state index < -0.39 is 24.7 Å². The number of aliphatic hydroxyl groups is 1. The number of carbonyl (C=O) groups is 3. The highest BCUT2D eigenvalue weighted by Gasteiger charge is 2.39. The van der Waals surface area contributed by atoms with Gasteiger partial charge < -0.3 is 20.5 Å². The predicted molar refractivity (Wildman–Crippen MR) is 88.0 cm³/mol. The van der Waals surface area contributed by atoms with E-state index in [0.717, 1.165) is 18.5 Å². The molecule has 1 aliphatic carbocycles. The quantitative estimate of drug-likeness (QED) is 0.710. The van der Waals surface area contributed by atoms with Crippen LogP contribution in [0.1, 0.15) is 32.6 Å². The van der Waals surface area contributed by atoms with Gasteiger partial charge in [-0.1, -0.05) is 12.2 Å². The maximum Gasteiger partial charge on any atom is 0.415 e. The third-order valence-corrected chi connectivity index (χ3v) is 5.05. The first-order chi connectivity index (χ1) is 11.9. The molecule has 0 aromatic carbocycles. The highest BCUT2D eigenvalue weighted by atomic mass is 16.6. The number of rotatable bonds is 3. The van der Waals surface area contributed by atoms with E-state index in [1.54, 1.807) is 4.90 Å². The van der Waals surface area contributed by atoms with Crippen LogP contribution < -0.4 is 5.73 Å². The van der Waals surface area contributed by atoms with Crippen molar-refractivity contribution in [3.8, 4) is 0 Å². The first kappa shape index (κ1) is 17.5. The van der Waals surface area contributed by atoms with E-state index in [1.807, 2.05) is 13.0 Å². The molecular formula is C17H23N3O5. The van der Waals surface area contributed by atoms with Gasteiger partial charge in [0.1, 0.15) is 6.61 Å². The largest absolute Gasteiger partial charge is 0.434 e. The lowest BCUT2D eigenvalue weighted by molar-refractivity contribution is -0.136. The maximum atomic E-state index is 12.1. The van der Waals surface area contributed by atoms with Crippen LogP contribution in [0, 0.1) is 0 Å². The number of hydrogen-bond donors (Lipinski definition) is 2. The molecule has 0 bridgehead atoms. The van der Waals surface area contributed by atoms with Gasteiger partial charge in [-0.2, -0.15) is 0 Å². The molecule has 3 amide bonds. The minimum atomic E-state index is -0.927. The van der Waals surface area contributed by atoms with Crippen LogP contribution in [-0.4, -0.2) is 64.2 Å². The molecule has 2 aliphatic heterocycles. The number of hydrogen-bond acceptors (Lipinski definition) is 5. The summed E-state index contributed by atoms with van der Waals surface area (Å²) in [5, 5.41) is 9.23. The van der Waals surface area contributed by atoms with E-state index >= 15 is 0 Å². The monoisotopic (exact) mass is 349 g/mol. The number of primary amides is 1. The average molecular weight is 349 g/mol. The van der Waals surface area contributed by atoms with Gasteiger partial charge in [0.15, 0.2) is 6.10 Å². The zero-order chi connectivity index (χ0) is 18.1. The van der Waals surface area contributed by atoms with Crippen LogP contribution in [0.3, 0.4) is 0 Å². The Labute approximate surface area is 145 Å². The van der Waals surface area contributed by atoms with Gasteiger partial charge in [0.05, 0.1) is 12.6 Å². The predicted octanol–water partition coefficient (Wildman–Crippen LogP) is 0.268.